The molecule has 2 heterocycles. The molecule has 1 unspecified atom stereocenters. The van der Waals surface area contributed by atoms with Gasteiger partial charge in [-0.05, 0) is 57.3 Å². The summed E-state index contributed by atoms with van der Waals surface area (Å²) in [7, 11) is 1.82. The van der Waals surface area contributed by atoms with Crippen LogP contribution in [0.25, 0.3) is 0 Å². The third-order valence-corrected chi connectivity index (χ3v) is 5.41. The van der Waals surface area contributed by atoms with Crippen LogP contribution in [0, 0.1) is 0 Å². The van der Waals surface area contributed by atoms with Gasteiger partial charge in [0, 0.05) is 26.7 Å². The second-order valence-electron chi connectivity index (χ2n) is 7.28. The Bertz CT molecular complexity index is 526. The number of furan rings is 1. The maximum Gasteiger partial charge on any atom is 0.191 e. The van der Waals surface area contributed by atoms with Crippen molar-refractivity contribution in [3.8, 4) is 0 Å². The minimum Gasteiger partial charge on any atom is -0.468 e. The van der Waals surface area contributed by atoms with Gasteiger partial charge in [0.1, 0.15) is 5.76 Å². The van der Waals surface area contributed by atoms with E-state index in [1.165, 1.54) is 38.5 Å². The van der Waals surface area contributed by atoms with E-state index in [4.69, 9.17) is 9.15 Å². The fourth-order valence-corrected chi connectivity index (χ4v) is 3.94. The lowest BCUT2D eigenvalue weighted by atomic mass is 10.2. The molecule has 0 bridgehead atoms. The van der Waals surface area contributed by atoms with Crippen molar-refractivity contribution < 1.29 is 9.15 Å². The minimum atomic E-state index is 0. The first-order valence-electron chi connectivity index (χ1n) is 10.2. The summed E-state index contributed by atoms with van der Waals surface area (Å²) in [5.74, 6) is 1.88. The Labute approximate surface area is 180 Å². The van der Waals surface area contributed by atoms with Crippen molar-refractivity contribution in [1.29, 1.82) is 0 Å². The Kier molecular flexibility index (Phi) is 10.5. The van der Waals surface area contributed by atoms with Crippen LogP contribution in [0.1, 0.15) is 56.7 Å². The van der Waals surface area contributed by atoms with Gasteiger partial charge in [0.25, 0.3) is 0 Å². The van der Waals surface area contributed by atoms with E-state index < -0.39 is 0 Å². The zero-order valence-electron chi connectivity index (χ0n) is 16.5. The Morgan fingerprint density at radius 1 is 1.26 bits per heavy atom. The quantitative estimate of drug-likeness (QED) is 0.240. The highest BCUT2D eigenvalue weighted by Gasteiger charge is 2.25. The van der Waals surface area contributed by atoms with Crippen molar-refractivity contribution in [3.05, 3.63) is 24.2 Å². The summed E-state index contributed by atoms with van der Waals surface area (Å²) < 4.78 is 11.6. The smallest absolute Gasteiger partial charge is 0.191 e. The van der Waals surface area contributed by atoms with Crippen molar-refractivity contribution in [2.45, 2.75) is 57.1 Å². The molecule has 1 aromatic heterocycles. The van der Waals surface area contributed by atoms with Crippen LogP contribution >= 0.6 is 24.0 Å². The highest BCUT2D eigenvalue weighted by Crippen LogP contribution is 2.24. The van der Waals surface area contributed by atoms with E-state index in [0.717, 1.165) is 50.9 Å². The molecule has 0 spiro atoms. The number of nitrogens with one attached hydrogen (secondary N) is 2. The molecule has 154 valence electrons. The third kappa shape index (κ3) is 7.27. The molecule has 0 aromatic carbocycles. The first-order chi connectivity index (χ1) is 12.9. The third-order valence-electron chi connectivity index (χ3n) is 5.41. The van der Waals surface area contributed by atoms with Gasteiger partial charge in [-0.2, -0.15) is 0 Å². The van der Waals surface area contributed by atoms with Gasteiger partial charge in [0.15, 0.2) is 5.96 Å². The minimum absolute atomic E-state index is 0. The van der Waals surface area contributed by atoms with E-state index in [2.05, 4.69) is 26.6 Å². The van der Waals surface area contributed by atoms with Gasteiger partial charge >= 0.3 is 0 Å². The second kappa shape index (κ2) is 12.6. The Morgan fingerprint density at radius 3 is 2.70 bits per heavy atom. The van der Waals surface area contributed by atoms with Crippen LogP contribution in [-0.2, 0) is 4.74 Å². The van der Waals surface area contributed by atoms with Crippen LogP contribution in [0.2, 0.25) is 0 Å². The molecule has 7 heteroatoms. The molecule has 0 radical (unpaired) electrons. The number of guanidine groups is 1. The molecule has 1 aliphatic heterocycles. The van der Waals surface area contributed by atoms with Gasteiger partial charge in [-0.15, -0.1) is 24.0 Å². The molecule has 1 aliphatic carbocycles. The Hall–Kier alpha value is -0.800. The second-order valence-corrected chi connectivity index (χ2v) is 7.28. The van der Waals surface area contributed by atoms with E-state index >= 15 is 0 Å². The number of ether oxygens (including phenoxy) is 1. The van der Waals surface area contributed by atoms with Gasteiger partial charge in [-0.25, -0.2) is 0 Å². The average Bonchev–Trinajstić information content (AvgIpc) is 3.43. The van der Waals surface area contributed by atoms with Crippen LogP contribution < -0.4 is 10.6 Å². The molecule has 27 heavy (non-hydrogen) atoms. The first kappa shape index (κ1) is 22.5. The highest BCUT2D eigenvalue weighted by molar-refractivity contribution is 14.0. The van der Waals surface area contributed by atoms with E-state index in [0.29, 0.717) is 6.10 Å². The van der Waals surface area contributed by atoms with Crippen LogP contribution in [0.3, 0.4) is 0 Å². The molecule has 2 fully saturated rings. The molecule has 2 N–H and O–H groups in total. The Balaban J connectivity index is 0.00000261. The van der Waals surface area contributed by atoms with Crippen molar-refractivity contribution in [1.82, 2.24) is 15.5 Å². The lowest BCUT2D eigenvalue weighted by molar-refractivity contribution is 0.0574. The van der Waals surface area contributed by atoms with Crippen LogP contribution in [0.5, 0.6) is 0 Å². The van der Waals surface area contributed by atoms with Crippen molar-refractivity contribution in [2.75, 3.05) is 39.8 Å². The van der Waals surface area contributed by atoms with E-state index in [9.17, 15) is 0 Å². The molecule has 3 rings (SSSR count). The van der Waals surface area contributed by atoms with Crippen LogP contribution in [0.15, 0.2) is 27.8 Å². The van der Waals surface area contributed by atoms with Gasteiger partial charge < -0.3 is 19.8 Å². The van der Waals surface area contributed by atoms with Gasteiger partial charge in [-0.3, -0.25) is 9.89 Å². The summed E-state index contributed by atoms with van der Waals surface area (Å²) in [5.41, 5.74) is 0. The fraction of sp³-hybridized carbons (Fsp3) is 0.750. The zero-order chi connectivity index (χ0) is 18.0. The largest absolute Gasteiger partial charge is 0.468 e. The highest BCUT2D eigenvalue weighted by atomic mass is 127. The lowest BCUT2D eigenvalue weighted by Crippen LogP contribution is -2.43. The molecule has 1 aromatic rings. The van der Waals surface area contributed by atoms with Gasteiger partial charge in [0.2, 0.25) is 0 Å². The summed E-state index contributed by atoms with van der Waals surface area (Å²) in [4.78, 5) is 6.84. The molecular formula is C20H35IN4O2. The van der Waals surface area contributed by atoms with E-state index in [-0.39, 0.29) is 30.0 Å². The summed E-state index contributed by atoms with van der Waals surface area (Å²) in [6, 6.07) is 4.30. The number of likely N-dealkylation sites (tertiary alicyclic amines) is 1. The van der Waals surface area contributed by atoms with Crippen molar-refractivity contribution in [3.63, 3.8) is 0 Å². The molecule has 1 atom stereocenters. The number of nitrogens with zero attached hydrogens (tertiary/aromatic N) is 2. The maximum absolute atomic E-state index is 5.91. The number of aliphatic imine (C=N–C) groups is 1. The van der Waals surface area contributed by atoms with Crippen LogP contribution in [-0.4, -0.2) is 56.8 Å². The van der Waals surface area contributed by atoms with E-state index in [1.807, 2.05) is 13.1 Å². The molecular weight excluding hydrogens is 455 g/mol. The Morgan fingerprint density at radius 2 is 2.04 bits per heavy atom. The number of hydrogen-bond donors (Lipinski definition) is 2. The number of hydrogen-bond acceptors (Lipinski definition) is 4. The number of halogens is 1. The fourth-order valence-electron chi connectivity index (χ4n) is 3.94. The predicted octanol–water partition coefficient (Wildman–Crippen LogP) is 3.55. The predicted molar refractivity (Wildman–Crippen MR) is 120 cm³/mol. The molecule has 0 amide bonds. The summed E-state index contributed by atoms with van der Waals surface area (Å²) in [5, 5.41) is 6.86. The zero-order valence-corrected chi connectivity index (χ0v) is 18.8. The molecule has 2 aliphatic rings. The standard InChI is InChI=1S/C20H34N4O2.HI/c1-21-20(22-11-7-15-25-17-8-2-3-9-17)23-16-18(19-10-6-14-26-19)24-12-4-5-13-24;/h6,10,14,17-18H,2-5,7-9,11-13,15-16H2,1H3,(H2,21,22,23);1H. The average molecular weight is 490 g/mol. The maximum atomic E-state index is 5.91. The lowest BCUT2D eigenvalue weighted by Gasteiger charge is -2.26. The molecule has 6 nitrogen and oxygen atoms in total. The monoisotopic (exact) mass is 490 g/mol. The summed E-state index contributed by atoms with van der Waals surface area (Å²) in [6.45, 7) is 4.78. The number of rotatable bonds is 9. The topological polar surface area (TPSA) is 62.0 Å². The van der Waals surface area contributed by atoms with Crippen molar-refractivity contribution >= 4 is 29.9 Å². The SMILES string of the molecule is CN=C(NCCCOC1CCCC1)NCC(c1ccco1)N1CCCC1.I. The molecule has 1 saturated carbocycles. The summed E-state index contributed by atoms with van der Waals surface area (Å²) >= 11 is 0. The normalized spacial score (nSPS) is 19.8. The summed E-state index contributed by atoms with van der Waals surface area (Å²) in [6.07, 6.45) is 10.9. The first-order valence-corrected chi connectivity index (χ1v) is 10.2. The van der Waals surface area contributed by atoms with Gasteiger partial charge in [-0.1, -0.05) is 12.8 Å². The van der Waals surface area contributed by atoms with Gasteiger partial charge in [0.05, 0.1) is 18.4 Å². The van der Waals surface area contributed by atoms with Crippen molar-refractivity contribution in [2.24, 2.45) is 4.99 Å². The van der Waals surface area contributed by atoms with E-state index in [1.54, 1.807) is 6.26 Å². The van der Waals surface area contributed by atoms with Crippen LogP contribution in [0.4, 0.5) is 0 Å². The molecule has 1 saturated heterocycles.